The zero-order chi connectivity index (χ0) is 24.2. The van der Waals surface area contributed by atoms with Crippen LogP contribution in [0.3, 0.4) is 0 Å². The van der Waals surface area contributed by atoms with Gasteiger partial charge in [0.15, 0.2) is 17.8 Å². The molecule has 0 saturated carbocycles. The minimum atomic E-state index is -1.39. The lowest BCUT2D eigenvalue weighted by molar-refractivity contribution is -0.0784. The third-order valence-corrected chi connectivity index (χ3v) is 6.70. The zero-order valence-corrected chi connectivity index (χ0v) is 20.2. The number of nitrogens with zero attached hydrogens (tertiary/aromatic N) is 4. The second-order valence-electron chi connectivity index (χ2n) is 8.51. The maximum atomic E-state index is 15.9. The lowest BCUT2D eigenvalue weighted by Gasteiger charge is -2.29. The monoisotopic (exact) mass is 497 g/mol. The smallest absolute Gasteiger partial charge is 0.208 e. The van der Waals surface area contributed by atoms with Crippen LogP contribution in [0.25, 0.3) is 0 Å². The Balaban J connectivity index is 1.30. The van der Waals surface area contributed by atoms with E-state index in [1.54, 1.807) is 5.01 Å². The van der Waals surface area contributed by atoms with Crippen LogP contribution in [0.15, 0.2) is 75.7 Å². The van der Waals surface area contributed by atoms with E-state index in [1.807, 2.05) is 66.9 Å². The summed E-state index contributed by atoms with van der Waals surface area (Å²) in [4.78, 5) is 8.71. The van der Waals surface area contributed by atoms with Crippen LogP contribution in [-0.2, 0) is 27.4 Å². The van der Waals surface area contributed by atoms with E-state index in [0.29, 0.717) is 24.2 Å². The van der Waals surface area contributed by atoms with Crippen LogP contribution >= 0.6 is 11.8 Å². The highest BCUT2D eigenvalue weighted by molar-refractivity contribution is 8.13. The number of benzene rings is 2. The van der Waals surface area contributed by atoms with Crippen molar-refractivity contribution in [2.75, 3.05) is 19.4 Å². The molecule has 5 atom stereocenters. The van der Waals surface area contributed by atoms with Crippen LogP contribution < -0.4 is 5.73 Å². The van der Waals surface area contributed by atoms with E-state index in [9.17, 15) is 0 Å². The number of thioether (sulfide) groups is 1. The van der Waals surface area contributed by atoms with Crippen molar-refractivity contribution in [3.05, 3.63) is 71.8 Å². The Hall–Kier alpha value is -2.79. The topological polar surface area (TPSA) is 94.0 Å². The highest BCUT2D eigenvalue weighted by Crippen LogP contribution is 2.34. The molecule has 2 aromatic carbocycles. The summed E-state index contributed by atoms with van der Waals surface area (Å²) in [7, 11) is 0. The van der Waals surface area contributed by atoms with Crippen LogP contribution in [0.1, 0.15) is 11.1 Å². The molecule has 0 aliphatic carbocycles. The fourth-order valence-electron chi connectivity index (χ4n) is 4.42. The Labute approximate surface area is 208 Å². The van der Waals surface area contributed by atoms with Crippen molar-refractivity contribution in [3.63, 3.8) is 0 Å². The predicted octanol–water partition coefficient (Wildman–Crippen LogP) is 2.98. The highest BCUT2D eigenvalue weighted by Gasteiger charge is 2.53. The molecule has 3 aliphatic rings. The first-order valence-electron chi connectivity index (χ1n) is 11.5. The number of aliphatic imine (C=N–C) groups is 2. The molecule has 2 aromatic rings. The summed E-state index contributed by atoms with van der Waals surface area (Å²) in [6, 6.07) is 19.1. The van der Waals surface area contributed by atoms with Crippen LogP contribution in [-0.4, -0.2) is 71.8 Å². The van der Waals surface area contributed by atoms with Gasteiger partial charge in [-0.25, -0.2) is 14.4 Å². The number of nitrogens with two attached hydrogens (primary N) is 1. The second-order valence-corrected chi connectivity index (χ2v) is 9.28. The first-order valence-corrected chi connectivity index (χ1v) is 12.7. The summed E-state index contributed by atoms with van der Waals surface area (Å²) in [5, 5.41) is 6.66. The number of hydrogen-bond acceptors (Lipinski definition) is 9. The molecular formula is C25H28FN5O3S. The Bertz CT molecular complexity index is 1100. The molecular weight excluding hydrogens is 469 g/mol. The van der Waals surface area contributed by atoms with Crippen molar-refractivity contribution in [2.24, 2.45) is 20.8 Å². The minimum absolute atomic E-state index is 0.203. The summed E-state index contributed by atoms with van der Waals surface area (Å²) in [5.41, 5.74) is 8.08. The van der Waals surface area contributed by atoms with Gasteiger partial charge in [-0.2, -0.15) is 0 Å². The Morgan fingerprint density at radius 3 is 2.46 bits per heavy atom. The van der Waals surface area contributed by atoms with E-state index >= 15 is 4.39 Å². The molecule has 184 valence electrons. The van der Waals surface area contributed by atoms with Gasteiger partial charge in [0.2, 0.25) is 5.17 Å². The molecule has 5 rings (SSSR count). The molecule has 3 heterocycles. The largest absolute Gasteiger partial charge is 0.380 e. The number of amidine groups is 3. The predicted molar refractivity (Wildman–Crippen MR) is 135 cm³/mol. The van der Waals surface area contributed by atoms with Crippen LogP contribution in [0.4, 0.5) is 4.39 Å². The summed E-state index contributed by atoms with van der Waals surface area (Å²) in [6.45, 7) is 1.20. The number of alkyl halides is 1. The average molecular weight is 498 g/mol. The summed E-state index contributed by atoms with van der Waals surface area (Å²) in [6.07, 6.45) is -1.71. The normalized spacial score (nSPS) is 27.9. The minimum Gasteiger partial charge on any atom is -0.380 e. The third-order valence-electron chi connectivity index (χ3n) is 6.16. The van der Waals surface area contributed by atoms with Gasteiger partial charge in [0.25, 0.3) is 0 Å². The summed E-state index contributed by atoms with van der Waals surface area (Å²) < 4.78 is 34.2. The zero-order valence-electron chi connectivity index (χ0n) is 19.4. The number of hydrogen-bond donors (Lipinski definition) is 1. The van der Waals surface area contributed by atoms with Gasteiger partial charge >= 0.3 is 0 Å². The highest BCUT2D eigenvalue weighted by atomic mass is 32.2. The van der Waals surface area contributed by atoms with Crippen molar-refractivity contribution < 1.29 is 18.6 Å². The van der Waals surface area contributed by atoms with Gasteiger partial charge < -0.3 is 19.9 Å². The van der Waals surface area contributed by atoms with E-state index in [4.69, 9.17) is 19.9 Å². The molecule has 1 fully saturated rings. The summed E-state index contributed by atoms with van der Waals surface area (Å²) >= 11 is 1.37. The molecule has 1 unspecified atom stereocenters. The van der Waals surface area contributed by atoms with Crippen LogP contribution in [0, 0.1) is 0 Å². The van der Waals surface area contributed by atoms with Gasteiger partial charge in [-0.05, 0) is 17.4 Å². The van der Waals surface area contributed by atoms with Crippen molar-refractivity contribution >= 4 is 28.6 Å². The van der Waals surface area contributed by atoms with Gasteiger partial charge in [0.1, 0.15) is 24.4 Å². The molecule has 35 heavy (non-hydrogen) atoms. The van der Waals surface area contributed by atoms with Crippen LogP contribution in [0.5, 0.6) is 0 Å². The first-order chi connectivity index (χ1) is 17.1. The Kier molecular flexibility index (Phi) is 7.43. The van der Waals surface area contributed by atoms with Crippen LogP contribution in [0.2, 0.25) is 0 Å². The van der Waals surface area contributed by atoms with Crippen molar-refractivity contribution in [3.8, 4) is 0 Å². The number of rotatable bonds is 8. The molecule has 0 bridgehead atoms. The van der Waals surface area contributed by atoms with Crippen molar-refractivity contribution in [1.29, 1.82) is 0 Å². The van der Waals surface area contributed by atoms with Crippen molar-refractivity contribution in [1.82, 2.24) is 5.01 Å². The molecule has 8 nitrogen and oxygen atoms in total. The van der Waals surface area contributed by atoms with Gasteiger partial charge in [-0.1, -0.05) is 72.4 Å². The molecule has 10 heteroatoms. The van der Waals surface area contributed by atoms with Gasteiger partial charge in [0, 0.05) is 0 Å². The lowest BCUT2D eigenvalue weighted by Crippen LogP contribution is -2.50. The molecule has 1 saturated heterocycles. The molecule has 0 aromatic heterocycles. The molecule has 0 spiro atoms. The molecule has 0 radical (unpaired) electrons. The molecule has 3 aliphatic heterocycles. The van der Waals surface area contributed by atoms with E-state index in [0.717, 1.165) is 11.1 Å². The van der Waals surface area contributed by atoms with Gasteiger partial charge in [-0.15, -0.1) is 5.10 Å². The van der Waals surface area contributed by atoms with Gasteiger partial charge in [0.05, 0.1) is 26.4 Å². The Morgan fingerprint density at radius 1 is 1.09 bits per heavy atom. The fourth-order valence-corrected chi connectivity index (χ4v) is 4.78. The fraction of sp³-hybridized carbons (Fsp3) is 0.400. The maximum Gasteiger partial charge on any atom is 0.208 e. The van der Waals surface area contributed by atoms with E-state index < -0.39 is 30.5 Å². The van der Waals surface area contributed by atoms with E-state index in [2.05, 4.69) is 15.1 Å². The lowest BCUT2D eigenvalue weighted by atomic mass is 10.0. The van der Waals surface area contributed by atoms with Crippen molar-refractivity contribution in [2.45, 2.75) is 43.7 Å². The third kappa shape index (κ3) is 5.25. The SMILES string of the molecule is CSC1=NN2C(=NCC2[C@@H]2O[C@H](COCc3ccccc3)[C@@H](OCc3ccccc3)[C@H]2F)C(N)=N1. The standard InChI is InChI=1S/C25H28FN5O3S/c1-35-25-29-23(27)24-28-12-18(31(24)30-25)21-20(26)22(33-14-17-10-6-3-7-11-17)19(34-21)15-32-13-16-8-4-2-5-9-16/h2-11,18-22H,12-15H2,1H3,(H2,27,29,30)/t18?,19-,20+,21+,22-/m1/s1. The molecule has 0 amide bonds. The van der Waals surface area contributed by atoms with Gasteiger partial charge in [-0.3, -0.25) is 4.99 Å². The van der Waals surface area contributed by atoms with E-state index in [1.165, 1.54) is 11.8 Å². The first kappa shape index (κ1) is 23.9. The molecule has 2 N–H and O–H groups in total. The van der Waals surface area contributed by atoms with E-state index in [-0.39, 0.29) is 19.0 Å². The number of ether oxygens (including phenoxy) is 3. The number of fused-ring (bicyclic) bond motifs is 1. The maximum absolute atomic E-state index is 15.9. The quantitative estimate of drug-likeness (QED) is 0.603. The second kappa shape index (κ2) is 10.9. The number of halogens is 1. The number of hydrazone groups is 1. The summed E-state index contributed by atoms with van der Waals surface area (Å²) in [5.74, 6) is 0.731. The average Bonchev–Trinajstić information content (AvgIpc) is 3.45. The Morgan fingerprint density at radius 2 is 1.77 bits per heavy atom.